The van der Waals surface area contributed by atoms with E-state index in [-0.39, 0.29) is 6.42 Å². The minimum Gasteiger partial charge on any atom is -0.481 e. The van der Waals surface area contributed by atoms with Gasteiger partial charge in [-0.05, 0) is 45.2 Å². The van der Waals surface area contributed by atoms with Crippen molar-refractivity contribution < 1.29 is 39.3 Å². The highest BCUT2D eigenvalue weighted by Crippen LogP contribution is 2.06. The lowest BCUT2D eigenvalue weighted by molar-refractivity contribution is -0.147. The normalized spacial score (nSPS) is 18.5. The zero-order valence-electron chi connectivity index (χ0n) is 17.1. The fourth-order valence-corrected chi connectivity index (χ4v) is 3.06. The highest BCUT2D eigenvalue weighted by molar-refractivity contribution is 5.94. The van der Waals surface area contributed by atoms with Crippen molar-refractivity contribution in [2.45, 2.75) is 62.7 Å². The van der Waals surface area contributed by atoms with Crippen molar-refractivity contribution in [3.05, 3.63) is 0 Å². The number of aliphatic hydroxyl groups is 1. The minimum atomic E-state index is -1.68. The van der Waals surface area contributed by atoms with Crippen LogP contribution in [0, 0.1) is 0 Å². The van der Waals surface area contributed by atoms with Crippen LogP contribution in [0.1, 0.15) is 38.5 Å². The van der Waals surface area contributed by atoms with Gasteiger partial charge in [0.2, 0.25) is 17.7 Å². The summed E-state index contributed by atoms with van der Waals surface area (Å²) in [5, 5.41) is 37.3. The minimum absolute atomic E-state index is 0.102. The Kier molecular flexibility index (Phi) is 11.5. The van der Waals surface area contributed by atoms with Gasteiger partial charge in [0, 0.05) is 0 Å². The zero-order chi connectivity index (χ0) is 23.4. The molecule has 0 aromatic heterocycles. The molecule has 0 aliphatic carbocycles. The fourth-order valence-electron chi connectivity index (χ4n) is 3.06. The number of hydrogen-bond acceptors (Lipinski definition) is 8. The van der Waals surface area contributed by atoms with Gasteiger partial charge in [0.25, 0.3) is 0 Å². The number of carbonyl (C=O) groups is 5. The van der Waals surface area contributed by atoms with Crippen molar-refractivity contribution in [3.63, 3.8) is 0 Å². The first kappa shape index (κ1) is 26.3. The van der Waals surface area contributed by atoms with E-state index in [1.54, 1.807) is 0 Å². The van der Waals surface area contributed by atoms with E-state index < -0.39 is 66.9 Å². The number of carboxylic acid groups (broad SMARTS) is 2. The van der Waals surface area contributed by atoms with Crippen LogP contribution in [0.2, 0.25) is 0 Å². The number of unbranched alkanes of at least 4 members (excludes halogenated alkanes) is 1. The maximum absolute atomic E-state index is 12.5. The number of carbonyl (C=O) groups excluding carboxylic acids is 3. The molecule has 3 amide bonds. The number of amides is 3. The van der Waals surface area contributed by atoms with Crippen molar-refractivity contribution in [1.29, 1.82) is 0 Å². The van der Waals surface area contributed by atoms with E-state index in [1.165, 1.54) is 0 Å². The van der Waals surface area contributed by atoms with Crippen molar-refractivity contribution in [1.82, 2.24) is 21.3 Å². The lowest BCUT2D eigenvalue weighted by Crippen LogP contribution is -2.58. The van der Waals surface area contributed by atoms with Gasteiger partial charge in [-0.15, -0.1) is 0 Å². The molecule has 1 aliphatic rings. The summed E-state index contributed by atoms with van der Waals surface area (Å²) in [6, 6.07) is -4.67. The zero-order valence-corrected chi connectivity index (χ0v) is 17.1. The number of hydrogen-bond donors (Lipinski definition) is 8. The first-order chi connectivity index (χ1) is 14.7. The number of nitrogens with one attached hydrogen (secondary N) is 4. The van der Waals surface area contributed by atoms with Crippen LogP contribution in [0.15, 0.2) is 0 Å². The second kappa shape index (κ2) is 13.5. The standard InChI is InChI=1S/C18H31N5O8/c19-6-2-1-4-11(16(28)22-12(18(30)31)8-14(25)26)21-17(29)13(9-24)23-15(27)10-5-3-7-20-10/h10-13,20,24H,1-9,19H2,(H,21,29)(H,22,28)(H,23,27)(H,25,26)(H,30,31). The first-order valence-electron chi connectivity index (χ1n) is 10.1. The number of aliphatic carboxylic acids is 2. The molecular weight excluding hydrogens is 414 g/mol. The molecule has 176 valence electrons. The molecule has 0 spiro atoms. The smallest absolute Gasteiger partial charge is 0.326 e. The predicted molar refractivity (Wildman–Crippen MR) is 107 cm³/mol. The summed E-state index contributed by atoms with van der Waals surface area (Å²) in [7, 11) is 0. The van der Waals surface area contributed by atoms with E-state index in [0.29, 0.717) is 32.4 Å². The van der Waals surface area contributed by atoms with E-state index in [4.69, 9.17) is 15.9 Å². The summed E-state index contributed by atoms with van der Waals surface area (Å²) < 4.78 is 0. The molecule has 0 radical (unpaired) electrons. The van der Waals surface area contributed by atoms with Gasteiger partial charge in [0.1, 0.15) is 18.1 Å². The second-order valence-electron chi connectivity index (χ2n) is 7.24. The van der Waals surface area contributed by atoms with Crippen molar-refractivity contribution in [2.75, 3.05) is 19.7 Å². The summed E-state index contributed by atoms with van der Waals surface area (Å²) in [4.78, 5) is 59.3. The van der Waals surface area contributed by atoms with Gasteiger partial charge in [-0.1, -0.05) is 0 Å². The van der Waals surface area contributed by atoms with Crippen LogP contribution in [0.25, 0.3) is 0 Å². The van der Waals surface area contributed by atoms with Gasteiger partial charge in [0.05, 0.1) is 19.1 Å². The van der Waals surface area contributed by atoms with E-state index >= 15 is 0 Å². The van der Waals surface area contributed by atoms with Gasteiger partial charge < -0.3 is 42.3 Å². The molecule has 1 aliphatic heterocycles. The first-order valence-corrected chi connectivity index (χ1v) is 10.1. The Labute approximate surface area is 179 Å². The van der Waals surface area contributed by atoms with Crippen LogP contribution in [0.3, 0.4) is 0 Å². The Morgan fingerprint density at radius 1 is 0.968 bits per heavy atom. The highest BCUT2D eigenvalue weighted by atomic mass is 16.4. The molecule has 0 bridgehead atoms. The third-order valence-electron chi connectivity index (χ3n) is 4.77. The molecule has 1 saturated heterocycles. The van der Waals surface area contributed by atoms with Gasteiger partial charge >= 0.3 is 11.9 Å². The largest absolute Gasteiger partial charge is 0.481 e. The third-order valence-corrected chi connectivity index (χ3v) is 4.77. The Morgan fingerprint density at radius 2 is 1.61 bits per heavy atom. The molecule has 0 aromatic carbocycles. The second-order valence-corrected chi connectivity index (χ2v) is 7.24. The molecular formula is C18H31N5O8. The molecule has 13 heteroatoms. The maximum Gasteiger partial charge on any atom is 0.326 e. The molecule has 0 saturated carbocycles. The van der Waals surface area contributed by atoms with E-state index in [1.807, 2.05) is 0 Å². The average Bonchev–Trinajstić information content (AvgIpc) is 3.25. The molecule has 0 aromatic rings. The predicted octanol–water partition coefficient (Wildman–Crippen LogP) is -3.13. The topological polar surface area (TPSA) is 220 Å². The molecule has 9 N–H and O–H groups in total. The molecule has 1 fully saturated rings. The summed E-state index contributed by atoms with van der Waals surface area (Å²) in [5.41, 5.74) is 5.43. The van der Waals surface area contributed by atoms with Gasteiger partial charge in [-0.2, -0.15) is 0 Å². The van der Waals surface area contributed by atoms with Crippen LogP contribution < -0.4 is 27.0 Å². The Morgan fingerprint density at radius 3 is 2.13 bits per heavy atom. The molecule has 31 heavy (non-hydrogen) atoms. The number of aliphatic hydroxyl groups excluding tert-OH is 1. The highest BCUT2D eigenvalue weighted by Gasteiger charge is 2.31. The van der Waals surface area contributed by atoms with Crippen LogP contribution >= 0.6 is 0 Å². The molecule has 1 rings (SSSR count). The van der Waals surface area contributed by atoms with E-state index in [9.17, 15) is 29.1 Å². The third kappa shape index (κ3) is 9.27. The number of rotatable bonds is 14. The summed E-state index contributed by atoms with van der Waals surface area (Å²) in [6.07, 6.45) is 1.62. The SMILES string of the molecule is NCCCCC(NC(=O)C(CO)NC(=O)C1CCCN1)C(=O)NC(CC(=O)O)C(=O)O. The average molecular weight is 445 g/mol. The summed E-state index contributed by atoms with van der Waals surface area (Å²) in [5.74, 6) is -5.12. The van der Waals surface area contributed by atoms with Crippen LogP contribution in [0.4, 0.5) is 0 Å². The van der Waals surface area contributed by atoms with E-state index in [2.05, 4.69) is 21.3 Å². The summed E-state index contributed by atoms with van der Waals surface area (Å²) in [6.45, 7) is 0.291. The van der Waals surface area contributed by atoms with Crippen molar-refractivity contribution >= 4 is 29.7 Å². The Bertz CT molecular complexity index is 653. The van der Waals surface area contributed by atoms with Gasteiger partial charge in [-0.3, -0.25) is 19.2 Å². The molecule has 13 nitrogen and oxygen atoms in total. The monoisotopic (exact) mass is 445 g/mol. The summed E-state index contributed by atoms with van der Waals surface area (Å²) >= 11 is 0. The molecule has 1 heterocycles. The van der Waals surface area contributed by atoms with Crippen LogP contribution in [0.5, 0.6) is 0 Å². The Hall–Kier alpha value is -2.77. The van der Waals surface area contributed by atoms with Crippen molar-refractivity contribution in [3.8, 4) is 0 Å². The number of nitrogens with two attached hydrogens (primary N) is 1. The van der Waals surface area contributed by atoms with Crippen LogP contribution in [-0.2, 0) is 24.0 Å². The lowest BCUT2D eigenvalue weighted by Gasteiger charge is -2.24. The quantitative estimate of drug-likeness (QED) is 0.126. The Balaban J connectivity index is 2.81. The molecule has 4 atom stereocenters. The molecule has 4 unspecified atom stereocenters. The van der Waals surface area contributed by atoms with Crippen molar-refractivity contribution in [2.24, 2.45) is 5.73 Å². The van der Waals surface area contributed by atoms with Gasteiger partial charge in [0.15, 0.2) is 0 Å². The van der Waals surface area contributed by atoms with Gasteiger partial charge in [-0.25, -0.2) is 4.79 Å². The lowest BCUT2D eigenvalue weighted by atomic mass is 10.1. The van der Waals surface area contributed by atoms with E-state index in [0.717, 1.165) is 6.42 Å². The number of carboxylic acids is 2. The fraction of sp³-hybridized carbons (Fsp3) is 0.722. The maximum atomic E-state index is 12.5. The van der Waals surface area contributed by atoms with Crippen LogP contribution in [-0.4, -0.2) is 88.8 Å².